The van der Waals surface area contributed by atoms with Crippen LogP contribution in [-0.2, 0) is 16.1 Å². The van der Waals surface area contributed by atoms with E-state index in [2.05, 4.69) is 16.7 Å². The van der Waals surface area contributed by atoms with Crippen molar-refractivity contribution in [2.24, 2.45) is 0 Å². The summed E-state index contributed by atoms with van der Waals surface area (Å²) < 4.78 is 10.8. The van der Waals surface area contributed by atoms with Crippen molar-refractivity contribution in [2.75, 3.05) is 26.8 Å². The van der Waals surface area contributed by atoms with Crippen LogP contribution < -0.4 is 15.4 Å². The first-order chi connectivity index (χ1) is 11.2. The highest BCUT2D eigenvalue weighted by Crippen LogP contribution is 2.21. The molecule has 1 atom stereocenters. The van der Waals surface area contributed by atoms with Crippen molar-refractivity contribution in [3.63, 3.8) is 0 Å². The molecule has 1 aliphatic heterocycles. The highest BCUT2D eigenvalue weighted by atomic mass is 16.5. The van der Waals surface area contributed by atoms with E-state index in [0.717, 1.165) is 35.2 Å². The van der Waals surface area contributed by atoms with Crippen LogP contribution >= 0.6 is 0 Å². The van der Waals surface area contributed by atoms with Crippen LogP contribution in [0.2, 0.25) is 0 Å². The maximum atomic E-state index is 12.0. The third-order valence-electron chi connectivity index (χ3n) is 4.02. The molecule has 0 bridgehead atoms. The molecule has 1 unspecified atom stereocenters. The van der Waals surface area contributed by atoms with Crippen molar-refractivity contribution >= 4 is 16.7 Å². The average Bonchev–Trinajstić information content (AvgIpc) is 2.60. The van der Waals surface area contributed by atoms with Crippen LogP contribution in [0.5, 0.6) is 5.75 Å². The van der Waals surface area contributed by atoms with Gasteiger partial charge < -0.3 is 20.1 Å². The fourth-order valence-corrected chi connectivity index (χ4v) is 2.74. The number of hydrogen-bond donors (Lipinski definition) is 2. The zero-order chi connectivity index (χ0) is 16.1. The summed E-state index contributed by atoms with van der Waals surface area (Å²) in [6.07, 6.45) is 0.380. The Morgan fingerprint density at radius 3 is 2.91 bits per heavy atom. The van der Waals surface area contributed by atoms with E-state index in [-0.39, 0.29) is 12.0 Å². The summed E-state index contributed by atoms with van der Waals surface area (Å²) in [5, 5.41) is 8.45. The van der Waals surface area contributed by atoms with Crippen LogP contribution in [0.1, 0.15) is 12.0 Å². The van der Waals surface area contributed by atoms with Gasteiger partial charge in [-0.1, -0.05) is 18.2 Å². The number of fused-ring (bicyclic) bond motifs is 1. The topological polar surface area (TPSA) is 59.6 Å². The highest BCUT2D eigenvalue weighted by Gasteiger charge is 2.16. The molecule has 3 rings (SSSR count). The Hall–Kier alpha value is -2.11. The molecule has 122 valence electrons. The lowest BCUT2D eigenvalue weighted by Crippen LogP contribution is -2.41. The summed E-state index contributed by atoms with van der Waals surface area (Å²) in [4.78, 5) is 12.0. The van der Waals surface area contributed by atoms with Crippen molar-refractivity contribution in [1.82, 2.24) is 10.6 Å². The van der Waals surface area contributed by atoms with Gasteiger partial charge in [0.1, 0.15) is 5.75 Å². The van der Waals surface area contributed by atoms with Crippen LogP contribution in [0.15, 0.2) is 36.4 Å². The number of methoxy groups -OCH3 is 1. The van der Waals surface area contributed by atoms with Crippen LogP contribution in [0.25, 0.3) is 10.8 Å². The van der Waals surface area contributed by atoms with Gasteiger partial charge in [0.2, 0.25) is 5.91 Å². The normalized spacial score (nSPS) is 17.9. The third-order valence-corrected chi connectivity index (χ3v) is 4.02. The number of amides is 1. The number of ether oxygens (including phenoxy) is 2. The zero-order valence-electron chi connectivity index (χ0n) is 13.3. The molecular formula is C18H22N2O3. The van der Waals surface area contributed by atoms with Gasteiger partial charge >= 0.3 is 0 Å². The van der Waals surface area contributed by atoms with E-state index in [4.69, 9.17) is 9.47 Å². The molecule has 1 fully saturated rings. The monoisotopic (exact) mass is 314 g/mol. The SMILES string of the molecule is COc1ccc2cc(CNC(=O)CC3CNCCO3)ccc2c1. The van der Waals surface area contributed by atoms with Crippen LogP contribution in [0.4, 0.5) is 0 Å². The van der Waals surface area contributed by atoms with Crippen LogP contribution in [-0.4, -0.2) is 38.8 Å². The standard InChI is InChI=1S/C18H22N2O3/c1-22-16-5-4-14-8-13(2-3-15(14)9-16)11-20-18(21)10-17-12-19-6-7-23-17/h2-5,8-9,17,19H,6-7,10-12H2,1H3,(H,20,21). The molecule has 2 N–H and O–H groups in total. The predicted molar refractivity (Wildman–Crippen MR) is 89.6 cm³/mol. The average molecular weight is 314 g/mol. The summed E-state index contributed by atoms with van der Waals surface area (Å²) in [5.74, 6) is 0.869. The van der Waals surface area contributed by atoms with E-state index in [0.29, 0.717) is 19.6 Å². The van der Waals surface area contributed by atoms with Gasteiger partial charge in [-0.3, -0.25) is 4.79 Å². The van der Waals surface area contributed by atoms with Crippen molar-refractivity contribution in [3.05, 3.63) is 42.0 Å². The van der Waals surface area contributed by atoms with Gasteiger partial charge in [-0.05, 0) is 34.5 Å². The van der Waals surface area contributed by atoms with E-state index in [1.54, 1.807) is 7.11 Å². The molecule has 1 heterocycles. The van der Waals surface area contributed by atoms with Gasteiger partial charge in [0.25, 0.3) is 0 Å². The molecule has 0 aromatic heterocycles. The van der Waals surface area contributed by atoms with Crippen LogP contribution in [0.3, 0.4) is 0 Å². The number of carbonyl (C=O) groups excluding carboxylic acids is 1. The summed E-state index contributed by atoms with van der Waals surface area (Å²) in [5.41, 5.74) is 1.08. The van der Waals surface area contributed by atoms with Gasteiger partial charge in [-0.2, -0.15) is 0 Å². The van der Waals surface area contributed by atoms with E-state index in [1.165, 1.54) is 0 Å². The minimum atomic E-state index is -0.0205. The minimum Gasteiger partial charge on any atom is -0.497 e. The third kappa shape index (κ3) is 4.21. The van der Waals surface area contributed by atoms with Gasteiger partial charge in [-0.25, -0.2) is 0 Å². The summed E-state index contributed by atoms with van der Waals surface area (Å²) >= 11 is 0. The number of rotatable bonds is 5. The van der Waals surface area contributed by atoms with Crippen molar-refractivity contribution in [3.8, 4) is 5.75 Å². The quantitative estimate of drug-likeness (QED) is 0.884. The van der Waals surface area contributed by atoms with E-state index in [1.807, 2.05) is 30.3 Å². The highest BCUT2D eigenvalue weighted by molar-refractivity contribution is 5.84. The molecule has 0 aliphatic carbocycles. The molecular weight excluding hydrogens is 292 g/mol. The molecule has 5 nitrogen and oxygen atoms in total. The summed E-state index contributed by atoms with van der Waals surface area (Å²) in [7, 11) is 1.66. The molecule has 0 radical (unpaired) electrons. The first-order valence-electron chi connectivity index (χ1n) is 7.90. The molecule has 0 spiro atoms. The predicted octanol–water partition coefficient (Wildman–Crippen LogP) is 1.84. The van der Waals surface area contributed by atoms with Gasteiger partial charge in [-0.15, -0.1) is 0 Å². The summed E-state index contributed by atoms with van der Waals surface area (Å²) in [6.45, 7) is 2.80. The van der Waals surface area contributed by atoms with Crippen molar-refractivity contribution in [2.45, 2.75) is 19.1 Å². The maximum Gasteiger partial charge on any atom is 0.222 e. The second-order valence-electron chi connectivity index (χ2n) is 5.73. The lowest BCUT2D eigenvalue weighted by molar-refractivity contribution is -0.124. The minimum absolute atomic E-state index is 0.0205. The zero-order valence-corrected chi connectivity index (χ0v) is 13.3. The Bertz CT molecular complexity index is 681. The van der Waals surface area contributed by atoms with E-state index >= 15 is 0 Å². The fourth-order valence-electron chi connectivity index (χ4n) is 2.74. The first kappa shape index (κ1) is 15.8. The molecule has 2 aromatic carbocycles. The largest absolute Gasteiger partial charge is 0.497 e. The van der Waals surface area contributed by atoms with E-state index in [9.17, 15) is 4.79 Å². The number of morpholine rings is 1. The summed E-state index contributed by atoms with van der Waals surface area (Å²) in [6, 6.07) is 12.1. The van der Waals surface area contributed by atoms with Gasteiger partial charge in [0.05, 0.1) is 26.2 Å². The number of carbonyl (C=O) groups is 1. The second-order valence-corrected chi connectivity index (χ2v) is 5.73. The molecule has 1 saturated heterocycles. The Morgan fingerprint density at radius 1 is 1.30 bits per heavy atom. The molecule has 1 aliphatic rings. The number of nitrogens with one attached hydrogen (secondary N) is 2. The fraction of sp³-hybridized carbons (Fsp3) is 0.389. The van der Waals surface area contributed by atoms with Crippen molar-refractivity contribution in [1.29, 1.82) is 0 Å². The molecule has 1 amide bonds. The molecule has 0 saturated carbocycles. The Labute approximate surface area is 136 Å². The smallest absolute Gasteiger partial charge is 0.222 e. The van der Waals surface area contributed by atoms with E-state index < -0.39 is 0 Å². The Morgan fingerprint density at radius 2 is 2.13 bits per heavy atom. The lowest BCUT2D eigenvalue weighted by atomic mass is 10.1. The number of hydrogen-bond acceptors (Lipinski definition) is 4. The lowest BCUT2D eigenvalue weighted by Gasteiger charge is -2.23. The molecule has 2 aromatic rings. The van der Waals surface area contributed by atoms with Crippen molar-refractivity contribution < 1.29 is 14.3 Å². The first-order valence-corrected chi connectivity index (χ1v) is 7.90. The molecule has 23 heavy (non-hydrogen) atoms. The number of benzene rings is 2. The Balaban J connectivity index is 1.57. The van der Waals surface area contributed by atoms with Gasteiger partial charge in [0, 0.05) is 19.6 Å². The maximum absolute atomic E-state index is 12.0. The molecule has 5 heteroatoms. The Kier molecular flexibility index (Phi) is 5.10. The second kappa shape index (κ2) is 7.44. The van der Waals surface area contributed by atoms with Gasteiger partial charge in [0.15, 0.2) is 0 Å². The van der Waals surface area contributed by atoms with Crippen LogP contribution in [0, 0.1) is 0 Å².